The Morgan fingerprint density at radius 1 is 1.17 bits per heavy atom. The predicted molar refractivity (Wildman–Crippen MR) is 77.3 cm³/mol. The third kappa shape index (κ3) is 3.67. The van der Waals surface area contributed by atoms with Crippen molar-refractivity contribution in [1.82, 2.24) is 4.90 Å². The van der Waals surface area contributed by atoms with Gasteiger partial charge in [-0.1, -0.05) is 31.5 Å². The molecule has 102 valence electrons. The zero-order valence-electron chi connectivity index (χ0n) is 11.1. The largest absolute Gasteiger partial charge is 0.393 e. The number of nitrogens with two attached hydrogens (primary N) is 1. The maximum atomic E-state index is 12.3. The lowest BCUT2D eigenvalue weighted by Gasteiger charge is -2.33. The highest BCUT2D eigenvalue weighted by molar-refractivity contribution is 7.80. The van der Waals surface area contributed by atoms with Crippen LogP contribution in [-0.2, 0) is 4.79 Å². The molecule has 0 bridgehead atoms. The Balaban J connectivity index is 1.82. The van der Waals surface area contributed by atoms with Gasteiger partial charge in [-0.05, 0) is 31.6 Å². The molecule has 1 amide bonds. The number of thiocarbonyl (C=S) groups is 1. The van der Waals surface area contributed by atoms with E-state index < -0.39 is 0 Å². The van der Waals surface area contributed by atoms with Crippen LogP contribution in [-0.4, -0.2) is 28.9 Å². The molecule has 0 aromatic carbocycles. The van der Waals surface area contributed by atoms with Crippen LogP contribution in [0.5, 0.6) is 0 Å². The summed E-state index contributed by atoms with van der Waals surface area (Å²) in [6, 6.07) is 0. The molecule has 4 heteroatoms. The quantitative estimate of drug-likeness (QED) is 0.800. The molecular weight excluding hydrogens is 244 g/mol. The molecule has 3 nitrogen and oxygen atoms in total. The minimum atomic E-state index is 0.240. The Hall–Kier alpha value is -0.640. The molecule has 0 spiro atoms. The monoisotopic (exact) mass is 268 g/mol. The smallest absolute Gasteiger partial charge is 0.222 e. The fourth-order valence-corrected chi connectivity index (χ4v) is 3.40. The minimum absolute atomic E-state index is 0.240. The van der Waals surface area contributed by atoms with Crippen LogP contribution in [0, 0.1) is 11.8 Å². The molecule has 1 saturated heterocycles. The second-order valence-electron chi connectivity index (χ2n) is 5.79. The molecular formula is C14H24N2OS. The van der Waals surface area contributed by atoms with Gasteiger partial charge >= 0.3 is 0 Å². The van der Waals surface area contributed by atoms with Crippen molar-refractivity contribution in [2.24, 2.45) is 17.6 Å². The number of amides is 1. The Morgan fingerprint density at radius 2 is 1.89 bits per heavy atom. The number of carbonyl (C=O) groups excluding carboxylic acids is 1. The Labute approximate surface area is 115 Å². The fraction of sp³-hybridized carbons (Fsp3) is 0.857. The summed E-state index contributed by atoms with van der Waals surface area (Å²) in [6.07, 6.45) is 9.24. The Bertz CT molecular complexity index is 313. The molecule has 2 rings (SSSR count). The van der Waals surface area contributed by atoms with Crippen LogP contribution in [0.15, 0.2) is 0 Å². The van der Waals surface area contributed by atoms with Gasteiger partial charge in [0.2, 0.25) is 5.91 Å². The van der Waals surface area contributed by atoms with Crippen molar-refractivity contribution in [3.8, 4) is 0 Å². The number of nitrogens with zero attached hydrogens (tertiary/aromatic N) is 1. The van der Waals surface area contributed by atoms with Gasteiger partial charge in [0.1, 0.15) is 0 Å². The van der Waals surface area contributed by atoms with E-state index in [4.69, 9.17) is 18.0 Å². The van der Waals surface area contributed by atoms with E-state index in [1.54, 1.807) is 0 Å². The van der Waals surface area contributed by atoms with Crippen molar-refractivity contribution in [2.75, 3.05) is 13.1 Å². The van der Waals surface area contributed by atoms with E-state index in [1.165, 1.54) is 32.1 Å². The van der Waals surface area contributed by atoms with E-state index in [9.17, 15) is 4.79 Å². The third-order valence-corrected chi connectivity index (χ3v) is 4.70. The van der Waals surface area contributed by atoms with Crippen molar-refractivity contribution in [3.05, 3.63) is 0 Å². The topological polar surface area (TPSA) is 46.3 Å². The van der Waals surface area contributed by atoms with E-state index in [1.807, 2.05) is 4.90 Å². The van der Waals surface area contributed by atoms with Crippen molar-refractivity contribution in [2.45, 2.75) is 51.4 Å². The van der Waals surface area contributed by atoms with Crippen LogP contribution >= 0.6 is 12.2 Å². The second kappa shape index (κ2) is 6.50. The number of hydrogen-bond donors (Lipinski definition) is 1. The summed E-state index contributed by atoms with van der Waals surface area (Å²) in [7, 11) is 0. The first-order valence-corrected chi connectivity index (χ1v) is 7.64. The van der Waals surface area contributed by atoms with E-state index in [0.29, 0.717) is 16.8 Å². The Kier molecular flexibility index (Phi) is 4.98. The standard InChI is InChI=1S/C14H24N2OS/c15-14(18)12-7-4-8-16(10-12)13(17)9-11-5-2-1-3-6-11/h11-12H,1-10H2,(H2,15,18). The van der Waals surface area contributed by atoms with E-state index in [-0.39, 0.29) is 5.92 Å². The third-order valence-electron chi connectivity index (χ3n) is 4.36. The van der Waals surface area contributed by atoms with E-state index in [2.05, 4.69) is 0 Å². The molecule has 1 unspecified atom stereocenters. The summed E-state index contributed by atoms with van der Waals surface area (Å²) < 4.78 is 0. The molecule has 2 aliphatic rings. The van der Waals surface area contributed by atoms with Gasteiger partial charge in [0.05, 0.1) is 4.99 Å². The SMILES string of the molecule is NC(=S)C1CCCN(C(=O)CC2CCCCC2)C1. The predicted octanol–water partition coefficient (Wildman–Crippen LogP) is 2.48. The zero-order valence-corrected chi connectivity index (χ0v) is 11.9. The van der Waals surface area contributed by atoms with Gasteiger partial charge in [0, 0.05) is 25.4 Å². The summed E-state index contributed by atoms with van der Waals surface area (Å²) in [5.41, 5.74) is 5.71. The van der Waals surface area contributed by atoms with Gasteiger partial charge in [-0.2, -0.15) is 0 Å². The highest BCUT2D eigenvalue weighted by Gasteiger charge is 2.27. The molecule has 2 N–H and O–H groups in total. The average Bonchev–Trinajstić information content (AvgIpc) is 2.40. The number of rotatable bonds is 3. The summed E-state index contributed by atoms with van der Waals surface area (Å²) in [5.74, 6) is 1.18. The molecule has 18 heavy (non-hydrogen) atoms. The van der Waals surface area contributed by atoms with Gasteiger partial charge in [0.25, 0.3) is 0 Å². The van der Waals surface area contributed by atoms with Gasteiger partial charge < -0.3 is 10.6 Å². The highest BCUT2D eigenvalue weighted by Crippen LogP contribution is 2.27. The highest BCUT2D eigenvalue weighted by atomic mass is 32.1. The first-order valence-electron chi connectivity index (χ1n) is 7.24. The van der Waals surface area contributed by atoms with Crippen molar-refractivity contribution < 1.29 is 4.79 Å². The maximum Gasteiger partial charge on any atom is 0.222 e. The molecule has 1 heterocycles. The van der Waals surface area contributed by atoms with E-state index >= 15 is 0 Å². The first-order chi connectivity index (χ1) is 8.66. The summed E-state index contributed by atoms with van der Waals surface area (Å²) >= 11 is 5.06. The van der Waals surface area contributed by atoms with Crippen LogP contribution in [0.3, 0.4) is 0 Å². The van der Waals surface area contributed by atoms with Gasteiger partial charge in [-0.15, -0.1) is 0 Å². The van der Waals surface area contributed by atoms with Crippen LogP contribution in [0.2, 0.25) is 0 Å². The lowest BCUT2D eigenvalue weighted by atomic mass is 9.86. The van der Waals surface area contributed by atoms with Crippen LogP contribution in [0.4, 0.5) is 0 Å². The zero-order chi connectivity index (χ0) is 13.0. The number of hydrogen-bond acceptors (Lipinski definition) is 2. The van der Waals surface area contributed by atoms with Crippen LogP contribution in [0.25, 0.3) is 0 Å². The van der Waals surface area contributed by atoms with Gasteiger partial charge in [-0.25, -0.2) is 0 Å². The number of piperidine rings is 1. The van der Waals surface area contributed by atoms with Crippen LogP contribution < -0.4 is 5.73 Å². The summed E-state index contributed by atoms with van der Waals surface area (Å²) in [5, 5.41) is 0. The molecule has 1 saturated carbocycles. The molecule has 0 radical (unpaired) electrons. The molecule has 2 fully saturated rings. The van der Waals surface area contributed by atoms with Crippen LogP contribution in [0.1, 0.15) is 51.4 Å². The first kappa shape index (κ1) is 13.8. The van der Waals surface area contributed by atoms with Gasteiger partial charge in [-0.3, -0.25) is 4.79 Å². The maximum absolute atomic E-state index is 12.3. The summed E-state index contributed by atoms with van der Waals surface area (Å²) in [6.45, 7) is 1.64. The molecule has 1 atom stereocenters. The van der Waals surface area contributed by atoms with E-state index in [0.717, 1.165) is 32.4 Å². The van der Waals surface area contributed by atoms with Crippen molar-refractivity contribution in [1.29, 1.82) is 0 Å². The average molecular weight is 268 g/mol. The molecule has 0 aromatic heterocycles. The normalized spacial score (nSPS) is 26.0. The molecule has 1 aliphatic heterocycles. The number of likely N-dealkylation sites (tertiary alicyclic amines) is 1. The Morgan fingerprint density at radius 3 is 2.56 bits per heavy atom. The lowest BCUT2D eigenvalue weighted by Crippen LogP contribution is -2.44. The minimum Gasteiger partial charge on any atom is -0.393 e. The molecule has 0 aromatic rings. The lowest BCUT2D eigenvalue weighted by molar-refractivity contribution is -0.133. The summed E-state index contributed by atoms with van der Waals surface area (Å²) in [4.78, 5) is 14.8. The molecule has 1 aliphatic carbocycles. The fourth-order valence-electron chi connectivity index (χ4n) is 3.20. The number of carbonyl (C=O) groups is 1. The van der Waals surface area contributed by atoms with Crippen molar-refractivity contribution >= 4 is 23.1 Å². The van der Waals surface area contributed by atoms with Crippen molar-refractivity contribution in [3.63, 3.8) is 0 Å². The van der Waals surface area contributed by atoms with Gasteiger partial charge in [0.15, 0.2) is 0 Å². The second-order valence-corrected chi connectivity index (χ2v) is 6.26.